The molecule has 134 valence electrons. The molecule has 4 heteroatoms. The number of carbonyl (C=O) groups is 2. The van der Waals surface area contributed by atoms with Gasteiger partial charge in [0.25, 0.3) is 0 Å². The summed E-state index contributed by atoms with van der Waals surface area (Å²) in [6.45, 7) is 3.11. The van der Waals surface area contributed by atoms with E-state index in [1.165, 1.54) is 22.4 Å². The normalized spacial score (nSPS) is 24.0. The number of amides is 1. The zero-order valence-electron chi connectivity index (χ0n) is 15.0. The molecule has 0 aromatic heterocycles. The fraction of sp³-hybridized carbons (Fsp3) is 0.364. The second-order valence-electron chi connectivity index (χ2n) is 7.56. The monoisotopic (exact) mass is 348 g/mol. The van der Waals surface area contributed by atoms with Gasteiger partial charge >= 0.3 is 0 Å². The molecule has 2 aliphatic heterocycles. The van der Waals surface area contributed by atoms with Gasteiger partial charge in [-0.2, -0.15) is 0 Å². The highest BCUT2D eigenvalue weighted by Gasteiger charge is 2.36. The molecular formula is C22H24N2O2. The van der Waals surface area contributed by atoms with Crippen molar-refractivity contribution in [3.8, 4) is 0 Å². The molecule has 1 saturated heterocycles. The molecule has 0 radical (unpaired) electrons. The van der Waals surface area contributed by atoms with Gasteiger partial charge in [-0.25, -0.2) is 0 Å². The van der Waals surface area contributed by atoms with Crippen molar-refractivity contribution < 1.29 is 9.59 Å². The molecular weight excluding hydrogens is 324 g/mol. The Morgan fingerprint density at radius 2 is 1.96 bits per heavy atom. The second-order valence-corrected chi connectivity index (χ2v) is 7.56. The van der Waals surface area contributed by atoms with Gasteiger partial charge < -0.3 is 10.6 Å². The number of fused-ring (bicyclic) bond motifs is 5. The van der Waals surface area contributed by atoms with Crippen molar-refractivity contribution in [2.24, 2.45) is 11.7 Å². The Balaban J connectivity index is 1.84. The van der Waals surface area contributed by atoms with Crippen molar-refractivity contribution >= 4 is 17.9 Å². The quantitative estimate of drug-likeness (QED) is 0.858. The van der Waals surface area contributed by atoms with E-state index < -0.39 is 0 Å². The van der Waals surface area contributed by atoms with E-state index >= 15 is 0 Å². The molecule has 4 rings (SSSR count). The van der Waals surface area contributed by atoms with Crippen LogP contribution in [-0.4, -0.2) is 18.7 Å². The first kappa shape index (κ1) is 16.8. The summed E-state index contributed by atoms with van der Waals surface area (Å²) < 4.78 is 0. The van der Waals surface area contributed by atoms with Crippen molar-refractivity contribution in [3.05, 3.63) is 64.7 Å². The molecule has 0 aliphatic carbocycles. The topological polar surface area (TPSA) is 63.4 Å². The van der Waals surface area contributed by atoms with Gasteiger partial charge in [-0.05, 0) is 53.6 Å². The third-order valence-corrected chi connectivity index (χ3v) is 5.99. The van der Waals surface area contributed by atoms with Gasteiger partial charge in [0.05, 0.1) is 6.04 Å². The third-order valence-electron chi connectivity index (χ3n) is 5.99. The molecule has 2 heterocycles. The largest absolute Gasteiger partial charge is 0.370 e. The van der Waals surface area contributed by atoms with Crippen molar-refractivity contribution in [2.45, 2.75) is 38.1 Å². The average Bonchev–Trinajstić information content (AvgIpc) is 2.75. The first-order chi connectivity index (χ1) is 12.6. The van der Waals surface area contributed by atoms with Gasteiger partial charge in [-0.1, -0.05) is 31.2 Å². The predicted octanol–water partition coefficient (Wildman–Crippen LogP) is 3.80. The Morgan fingerprint density at radius 3 is 2.69 bits per heavy atom. The minimum atomic E-state index is -0.213. The summed E-state index contributed by atoms with van der Waals surface area (Å²) in [6.07, 6.45) is 3.27. The highest BCUT2D eigenvalue weighted by molar-refractivity contribution is 5.78. The lowest BCUT2D eigenvalue weighted by Gasteiger charge is -2.41. The number of carbonyl (C=O) groups excluding carboxylic acids is 2. The molecule has 1 fully saturated rings. The Bertz CT molecular complexity index is 861. The standard InChI is InChI=1S/C22H24N2O2/c1-14-17-4-2-3-5-18(17)21-11-15(12-22(23)26)8-9-24(21)20-7-6-16(13-25)10-19(14)20/h2-7,10,13-15,21H,8-9,11-12H2,1H3,(H2,23,26)/t14-,15-,21-/m1/s1. The van der Waals surface area contributed by atoms with E-state index in [1.54, 1.807) is 0 Å². The molecule has 2 aliphatic rings. The van der Waals surface area contributed by atoms with Gasteiger partial charge in [0.15, 0.2) is 0 Å². The second kappa shape index (κ2) is 6.60. The van der Waals surface area contributed by atoms with E-state index in [1.807, 2.05) is 12.1 Å². The zero-order valence-corrected chi connectivity index (χ0v) is 15.0. The molecule has 4 nitrogen and oxygen atoms in total. The van der Waals surface area contributed by atoms with Gasteiger partial charge in [0.2, 0.25) is 5.91 Å². The van der Waals surface area contributed by atoms with Gasteiger partial charge in [0.1, 0.15) is 6.29 Å². The maximum absolute atomic E-state index is 11.4. The van der Waals surface area contributed by atoms with Crippen LogP contribution >= 0.6 is 0 Å². The number of hydrogen-bond acceptors (Lipinski definition) is 3. The fourth-order valence-corrected chi connectivity index (χ4v) is 4.72. The molecule has 0 saturated carbocycles. The van der Waals surface area contributed by atoms with E-state index in [0.717, 1.165) is 31.2 Å². The van der Waals surface area contributed by atoms with E-state index in [9.17, 15) is 9.59 Å². The number of nitrogens with two attached hydrogens (primary N) is 1. The van der Waals surface area contributed by atoms with Crippen LogP contribution in [0.5, 0.6) is 0 Å². The van der Waals surface area contributed by atoms with Crippen molar-refractivity contribution in [2.75, 3.05) is 11.4 Å². The van der Waals surface area contributed by atoms with Crippen LogP contribution in [0.2, 0.25) is 0 Å². The summed E-state index contributed by atoms with van der Waals surface area (Å²) in [5.74, 6) is 0.337. The van der Waals surface area contributed by atoms with E-state index in [-0.39, 0.29) is 17.9 Å². The minimum absolute atomic E-state index is 0.213. The molecule has 2 N–H and O–H groups in total. The lowest BCUT2D eigenvalue weighted by Crippen LogP contribution is -2.38. The summed E-state index contributed by atoms with van der Waals surface area (Å²) in [4.78, 5) is 25.2. The highest BCUT2D eigenvalue weighted by Crippen LogP contribution is 2.47. The summed E-state index contributed by atoms with van der Waals surface area (Å²) >= 11 is 0. The van der Waals surface area contributed by atoms with Crippen LogP contribution in [0.15, 0.2) is 42.5 Å². The highest BCUT2D eigenvalue weighted by atomic mass is 16.1. The lowest BCUT2D eigenvalue weighted by molar-refractivity contribution is -0.119. The first-order valence-corrected chi connectivity index (χ1v) is 9.31. The van der Waals surface area contributed by atoms with Crippen LogP contribution in [-0.2, 0) is 4.79 Å². The number of nitrogens with zero attached hydrogens (tertiary/aromatic N) is 1. The Labute approximate surface area is 154 Å². The molecule has 0 unspecified atom stereocenters. The van der Waals surface area contributed by atoms with E-state index in [2.05, 4.69) is 42.2 Å². The van der Waals surface area contributed by atoms with Gasteiger partial charge in [-0.3, -0.25) is 9.59 Å². The fourth-order valence-electron chi connectivity index (χ4n) is 4.72. The molecule has 2 aromatic rings. The number of primary amides is 1. The lowest BCUT2D eigenvalue weighted by atomic mass is 9.82. The number of aldehydes is 1. The number of anilines is 1. The number of rotatable bonds is 3. The predicted molar refractivity (Wildman–Crippen MR) is 102 cm³/mol. The van der Waals surface area contributed by atoms with Crippen LogP contribution in [0.25, 0.3) is 0 Å². The van der Waals surface area contributed by atoms with Crippen LogP contribution in [0.3, 0.4) is 0 Å². The maximum atomic E-state index is 11.4. The third kappa shape index (κ3) is 2.79. The van der Waals surface area contributed by atoms with Crippen LogP contribution in [0, 0.1) is 5.92 Å². The maximum Gasteiger partial charge on any atom is 0.217 e. The number of hydrogen-bond donors (Lipinski definition) is 1. The van der Waals surface area contributed by atoms with E-state index in [4.69, 9.17) is 5.73 Å². The first-order valence-electron chi connectivity index (χ1n) is 9.31. The summed E-state index contributed by atoms with van der Waals surface area (Å²) in [6, 6.07) is 14.8. The summed E-state index contributed by atoms with van der Waals surface area (Å²) in [7, 11) is 0. The molecule has 0 spiro atoms. The minimum Gasteiger partial charge on any atom is -0.370 e. The Morgan fingerprint density at radius 1 is 1.19 bits per heavy atom. The molecule has 2 aromatic carbocycles. The summed E-state index contributed by atoms with van der Waals surface area (Å²) in [5, 5.41) is 0. The van der Waals surface area contributed by atoms with Crippen molar-refractivity contribution in [1.82, 2.24) is 0 Å². The molecule has 1 amide bonds. The molecule has 0 bridgehead atoms. The zero-order chi connectivity index (χ0) is 18.3. The van der Waals surface area contributed by atoms with Crippen molar-refractivity contribution in [3.63, 3.8) is 0 Å². The molecule has 3 atom stereocenters. The van der Waals surface area contributed by atoms with Gasteiger partial charge in [0, 0.05) is 30.1 Å². The van der Waals surface area contributed by atoms with Crippen LogP contribution < -0.4 is 10.6 Å². The Hall–Kier alpha value is -2.62. The SMILES string of the molecule is C[C@@H]1c2ccccc2[C@H]2C[C@H](CC(N)=O)CCN2c2ccc(C=O)cc21. The van der Waals surface area contributed by atoms with E-state index in [0.29, 0.717) is 12.3 Å². The smallest absolute Gasteiger partial charge is 0.217 e. The average molecular weight is 348 g/mol. The Kier molecular flexibility index (Phi) is 4.27. The molecule has 26 heavy (non-hydrogen) atoms. The summed E-state index contributed by atoms with van der Waals surface area (Å²) in [5.41, 5.74) is 11.2. The number of benzene rings is 2. The van der Waals surface area contributed by atoms with Crippen molar-refractivity contribution in [1.29, 1.82) is 0 Å². The van der Waals surface area contributed by atoms with Crippen LogP contribution in [0.4, 0.5) is 5.69 Å². The van der Waals surface area contributed by atoms with Gasteiger partial charge in [-0.15, -0.1) is 0 Å². The van der Waals surface area contributed by atoms with Crippen LogP contribution in [0.1, 0.15) is 65.2 Å². The number of piperidine rings is 1.